The summed E-state index contributed by atoms with van der Waals surface area (Å²) in [6.45, 7) is 1.71. The third-order valence-corrected chi connectivity index (χ3v) is 3.53. The zero-order valence-electron chi connectivity index (χ0n) is 11.0. The summed E-state index contributed by atoms with van der Waals surface area (Å²) in [5, 5.41) is 2.54. The predicted octanol–water partition coefficient (Wildman–Crippen LogP) is 4.36. The number of carbonyl (C=O) groups excluding carboxylic acids is 1. The highest BCUT2D eigenvalue weighted by Crippen LogP contribution is 2.19. The van der Waals surface area contributed by atoms with Gasteiger partial charge in [0, 0.05) is 4.47 Å². The SMILES string of the molecule is C[C@@H](NC(=O)c1ccc(F)c(F)c1F)c1ccc(Br)cc1. The Labute approximate surface area is 128 Å². The molecule has 2 nitrogen and oxygen atoms in total. The molecule has 1 N–H and O–H groups in total. The number of hydrogen-bond donors (Lipinski definition) is 1. The lowest BCUT2D eigenvalue weighted by Crippen LogP contribution is -2.27. The molecule has 0 aromatic heterocycles. The Bertz CT molecular complexity index is 673. The molecule has 0 aliphatic heterocycles. The largest absolute Gasteiger partial charge is 0.345 e. The lowest BCUT2D eigenvalue weighted by Gasteiger charge is -2.15. The minimum Gasteiger partial charge on any atom is -0.345 e. The second kappa shape index (κ2) is 6.30. The number of halogens is 4. The van der Waals surface area contributed by atoms with Crippen molar-refractivity contribution >= 4 is 21.8 Å². The van der Waals surface area contributed by atoms with Gasteiger partial charge in [-0.15, -0.1) is 0 Å². The predicted molar refractivity (Wildman–Crippen MR) is 76.3 cm³/mol. The number of carbonyl (C=O) groups is 1. The highest BCUT2D eigenvalue weighted by Gasteiger charge is 2.20. The van der Waals surface area contributed by atoms with E-state index in [0.29, 0.717) is 0 Å². The number of amides is 1. The Morgan fingerprint density at radius 3 is 2.29 bits per heavy atom. The van der Waals surface area contributed by atoms with E-state index in [1.807, 2.05) is 0 Å². The summed E-state index contributed by atoms with van der Waals surface area (Å²) in [5.41, 5.74) is 0.271. The van der Waals surface area contributed by atoms with Gasteiger partial charge in [-0.2, -0.15) is 0 Å². The van der Waals surface area contributed by atoms with Crippen molar-refractivity contribution in [2.45, 2.75) is 13.0 Å². The molecular formula is C15H11BrF3NO. The minimum absolute atomic E-state index is 0.405. The average Bonchev–Trinajstić information content (AvgIpc) is 2.45. The molecule has 110 valence electrons. The Morgan fingerprint density at radius 2 is 1.67 bits per heavy atom. The van der Waals surface area contributed by atoms with E-state index in [1.165, 1.54) is 0 Å². The highest BCUT2D eigenvalue weighted by atomic mass is 79.9. The van der Waals surface area contributed by atoms with Crippen LogP contribution in [0.15, 0.2) is 40.9 Å². The topological polar surface area (TPSA) is 29.1 Å². The van der Waals surface area contributed by atoms with Crippen molar-refractivity contribution in [1.82, 2.24) is 5.32 Å². The fourth-order valence-electron chi connectivity index (χ4n) is 1.81. The van der Waals surface area contributed by atoms with Crippen LogP contribution in [0.3, 0.4) is 0 Å². The standard InChI is InChI=1S/C15H11BrF3NO/c1-8(9-2-4-10(16)5-3-9)20-15(21)11-6-7-12(17)14(19)13(11)18/h2-8H,1H3,(H,20,21)/t8-/m1/s1. The molecule has 6 heteroatoms. The first-order chi connectivity index (χ1) is 9.90. The van der Waals surface area contributed by atoms with Crippen LogP contribution in [0.1, 0.15) is 28.9 Å². The quantitative estimate of drug-likeness (QED) is 0.812. The summed E-state index contributed by atoms with van der Waals surface area (Å²) in [7, 11) is 0. The van der Waals surface area contributed by atoms with Crippen LogP contribution in [0.2, 0.25) is 0 Å². The normalized spacial score (nSPS) is 12.0. The van der Waals surface area contributed by atoms with Gasteiger partial charge in [0.25, 0.3) is 5.91 Å². The first kappa shape index (κ1) is 15.6. The van der Waals surface area contributed by atoms with E-state index in [1.54, 1.807) is 31.2 Å². The van der Waals surface area contributed by atoms with Gasteiger partial charge in [-0.25, -0.2) is 13.2 Å². The smallest absolute Gasteiger partial charge is 0.254 e. The van der Waals surface area contributed by atoms with Crippen LogP contribution < -0.4 is 5.32 Å². The van der Waals surface area contributed by atoms with Gasteiger partial charge < -0.3 is 5.32 Å². The molecule has 0 heterocycles. The summed E-state index contributed by atoms with van der Waals surface area (Å²) >= 11 is 3.29. The number of benzene rings is 2. The molecule has 21 heavy (non-hydrogen) atoms. The first-order valence-corrected chi connectivity index (χ1v) is 6.89. The van der Waals surface area contributed by atoms with E-state index < -0.39 is 35.0 Å². The van der Waals surface area contributed by atoms with Crippen molar-refractivity contribution in [2.75, 3.05) is 0 Å². The van der Waals surface area contributed by atoms with Crippen molar-refractivity contribution in [3.8, 4) is 0 Å². The molecule has 1 atom stereocenters. The molecule has 2 aromatic carbocycles. The third-order valence-electron chi connectivity index (χ3n) is 3.00. The summed E-state index contributed by atoms with van der Waals surface area (Å²) in [5.74, 6) is -5.28. The Hall–Kier alpha value is -1.82. The van der Waals surface area contributed by atoms with E-state index in [9.17, 15) is 18.0 Å². The van der Waals surface area contributed by atoms with Crippen LogP contribution in [0.5, 0.6) is 0 Å². The van der Waals surface area contributed by atoms with E-state index in [-0.39, 0.29) is 0 Å². The zero-order chi connectivity index (χ0) is 15.6. The van der Waals surface area contributed by atoms with Crippen molar-refractivity contribution in [3.05, 3.63) is 69.4 Å². The minimum atomic E-state index is -1.65. The molecule has 2 aromatic rings. The van der Waals surface area contributed by atoms with Gasteiger partial charge in [0.1, 0.15) is 0 Å². The molecule has 0 bridgehead atoms. The molecule has 0 radical (unpaired) electrons. The van der Waals surface area contributed by atoms with Crippen LogP contribution in [-0.4, -0.2) is 5.91 Å². The maximum Gasteiger partial charge on any atom is 0.254 e. The fourth-order valence-corrected chi connectivity index (χ4v) is 2.07. The maximum absolute atomic E-state index is 13.5. The van der Waals surface area contributed by atoms with Gasteiger partial charge in [-0.05, 0) is 36.8 Å². The average molecular weight is 358 g/mol. The first-order valence-electron chi connectivity index (χ1n) is 6.10. The molecule has 2 rings (SSSR count). The van der Waals surface area contributed by atoms with Gasteiger partial charge >= 0.3 is 0 Å². The highest BCUT2D eigenvalue weighted by molar-refractivity contribution is 9.10. The van der Waals surface area contributed by atoms with Crippen LogP contribution in [0.4, 0.5) is 13.2 Å². The summed E-state index contributed by atoms with van der Waals surface area (Å²) < 4.78 is 40.4. The van der Waals surface area contributed by atoms with E-state index in [4.69, 9.17) is 0 Å². The Balaban J connectivity index is 2.18. The second-order valence-corrected chi connectivity index (χ2v) is 5.39. The second-order valence-electron chi connectivity index (χ2n) is 4.47. The van der Waals surface area contributed by atoms with E-state index in [0.717, 1.165) is 22.2 Å². The molecule has 0 aliphatic rings. The lowest BCUT2D eigenvalue weighted by atomic mass is 10.1. The molecule has 1 amide bonds. The molecule has 0 aliphatic carbocycles. The fraction of sp³-hybridized carbons (Fsp3) is 0.133. The molecule has 0 unspecified atom stereocenters. The summed E-state index contributed by atoms with van der Waals surface area (Å²) in [6.07, 6.45) is 0. The maximum atomic E-state index is 13.5. The Kier molecular flexibility index (Phi) is 4.67. The zero-order valence-corrected chi connectivity index (χ0v) is 12.5. The lowest BCUT2D eigenvalue weighted by molar-refractivity contribution is 0.0934. The molecular weight excluding hydrogens is 347 g/mol. The molecule has 0 fully saturated rings. The molecule has 0 spiro atoms. The number of hydrogen-bond acceptors (Lipinski definition) is 1. The molecule has 0 saturated carbocycles. The van der Waals surface area contributed by atoms with Crippen LogP contribution in [0, 0.1) is 17.5 Å². The van der Waals surface area contributed by atoms with Gasteiger partial charge in [0.2, 0.25) is 0 Å². The number of rotatable bonds is 3. The van der Waals surface area contributed by atoms with Gasteiger partial charge in [-0.1, -0.05) is 28.1 Å². The van der Waals surface area contributed by atoms with Gasteiger partial charge in [0.05, 0.1) is 11.6 Å². The Morgan fingerprint density at radius 1 is 1.05 bits per heavy atom. The van der Waals surface area contributed by atoms with Crippen molar-refractivity contribution in [2.24, 2.45) is 0 Å². The van der Waals surface area contributed by atoms with Crippen LogP contribution in [0.25, 0.3) is 0 Å². The van der Waals surface area contributed by atoms with E-state index in [2.05, 4.69) is 21.2 Å². The van der Waals surface area contributed by atoms with Crippen molar-refractivity contribution in [3.63, 3.8) is 0 Å². The number of nitrogens with one attached hydrogen (secondary N) is 1. The summed E-state index contributed by atoms with van der Waals surface area (Å²) in [6, 6.07) is 8.41. The summed E-state index contributed by atoms with van der Waals surface area (Å²) in [4.78, 5) is 11.9. The van der Waals surface area contributed by atoms with Gasteiger partial charge in [-0.3, -0.25) is 4.79 Å². The van der Waals surface area contributed by atoms with Crippen LogP contribution >= 0.6 is 15.9 Å². The third kappa shape index (κ3) is 3.44. The van der Waals surface area contributed by atoms with E-state index >= 15 is 0 Å². The van der Waals surface area contributed by atoms with Crippen LogP contribution in [-0.2, 0) is 0 Å². The van der Waals surface area contributed by atoms with Crippen molar-refractivity contribution < 1.29 is 18.0 Å². The van der Waals surface area contributed by atoms with Gasteiger partial charge in [0.15, 0.2) is 17.5 Å². The molecule has 0 saturated heterocycles. The van der Waals surface area contributed by atoms with Crippen molar-refractivity contribution in [1.29, 1.82) is 0 Å². The monoisotopic (exact) mass is 357 g/mol.